The van der Waals surface area contributed by atoms with Crippen molar-refractivity contribution in [2.24, 2.45) is 0 Å². The molecule has 1 atom stereocenters. The van der Waals surface area contributed by atoms with Crippen molar-refractivity contribution >= 4 is 17.5 Å². The molecule has 1 aromatic rings. The van der Waals surface area contributed by atoms with Gasteiger partial charge in [0.05, 0.1) is 6.61 Å². The van der Waals surface area contributed by atoms with E-state index in [1.807, 2.05) is 0 Å². The molecule has 0 aliphatic carbocycles. The van der Waals surface area contributed by atoms with Gasteiger partial charge in [0.1, 0.15) is 6.04 Å². The smallest absolute Gasteiger partial charge is 0.249 e. The fourth-order valence-corrected chi connectivity index (χ4v) is 1.74. The molecular weight excluding hydrogens is 220 g/mol. The van der Waals surface area contributed by atoms with Crippen LogP contribution in [0.1, 0.15) is 18.4 Å². The fourth-order valence-electron chi connectivity index (χ4n) is 1.74. The molecule has 0 aromatic heterocycles. The molecule has 2 rings (SSSR count). The van der Waals surface area contributed by atoms with Crippen molar-refractivity contribution in [2.45, 2.75) is 25.5 Å². The number of benzene rings is 1. The largest absolute Gasteiger partial charge is 0.392 e. The zero-order valence-electron chi connectivity index (χ0n) is 9.27. The normalized spacial score (nSPS) is 19.9. The summed E-state index contributed by atoms with van der Waals surface area (Å²) in [7, 11) is 0. The van der Waals surface area contributed by atoms with E-state index in [1.165, 1.54) is 0 Å². The van der Waals surface area contributed by atoms with Gasteiger partial charge < -0.3 is 10.4 Å². The van der Waals surface area contributed by atoms with Crippen molar-refractivity contribution in [3.63, 3.8) is 0 Å². The molecule has 1 saturated heterocycles. The standard InChI is InChI=1S/C12H14N2O3/c15-7-8-1-3-9(4-2-8)13-10-5-6-11(16)14-12(10)17/h1-4,10,13,15H,5-7H2,(H,14,16,17). The molecule has 1 fully saturated rings. The molecule has 0 spiro atoms. The number of nitrogens with one attached hydrogen (secondary N) is 2. The number of imide groups is 1. The van der Waals surface area contributed by atoms with Crippen LogP contribution >= 0.6 is 0 Å². The number of hydrogen-bond donors (Lipinski definition) is 3. The van der Waals surface area contributed by atoms with E-state index in [0.29, 0.717) is 12.8 Å². The van der Waals surface area contributed by atoms with Crippen molar-refractivity contribution in [3.05, 3.63) is 29.8 Å². The van der Waals surface area contributed by atoms with E-state index >= 15 is 0 Å². The molecule has 90 valence electrons. The van der Waals surface area contributed by atoms with E-state index in [9.17, 15) is 9.59 Å². The molecule has 17 heavy (non-hydrogen) atoms. The van der Waals surface area contributed by atoms with Gasteiger partial charge in [0.2, 0.25) is 11.8 Å². The number of anilines is 1. The third-order valence-electron chi connectivity index (χ3n) is 2.72. The van der Waals surface area contributed by atoms with Crippen LogP contribution in [0.25, 0.3) is 0 Å². The lowest BCUT2D eigenvalue weighted by atomic mass is 10.1. The maximum atomic E-state index is 11.5. The molecule has 1 aliphatic rings. The molecule has 5 nitrogen and oxygen atoms in total. The van der Waals surface area contributed by atoms with E-state index in [2.05, 4.69) is 10.6 Å². The first-order chi connectivity index (χ1) is 8.19. The highest BCUT2D eigenvalue weighted by Gasteiger charge is 2.26. The second-order valence-electron chi connectivity index (χ2n) is 4.00. The second-order valence-corrected chi connectivity index (χ2v) is 4.00. The van der Waals surface area contributed by atoms with Crippen LogP contribution < -0.4 is 10.6 Å². The number of amides is 2. The van der Waals surface area contributed by atoms with E-state index in [0.717, 1.165) is 11.3 Å². The third-order valence-corrected chi connectivity index (χ3v) is 2.72. The van der Waals surface area contributed by atoms with Gasteiger partial charge >= 0.3 is 0 Å². The van der Waals surface area contributed by atoms with E-state index in [1.54, 1.807) is 24.3 Å². The molecule has 1 heterocycles. The zero-order chi connectivity index (χ0) is 12.3. The minimum atomic E-state index is -0.368. The number of carbonyl (C=O) groups excluding carboxylic acids is 2. The summed E-state index contributed by atoms with van der Waals surface area (Å²) in [5.41, 5.74) is 1.62. The van der Waals surface area contributed by atoms with Crippen LogP contribution in [0.2, 0.25) is 0 Å². The van der Waals surface area contributed by atoms with Crippen molar-refractivity contribution in [3.8, 4) is 0 Å². The molecule has 1 unspecified atom stereocenters. The Morgan fingerprint density at radius 3 is 2.59 bits per heavy atom. The maximum absolute atomic E-state index is 11.5. The highest BCUT2D eigenvalue weighted by molar-refractivity contribution is 6.01. The van der Waals surface area contributed by atoms with Gasteiger partial charge in [0.15, 0.2) is 0 Å². The van der Waals surface area contributed by atoms with Gasteiger partial charge in [-0.1, -0.05) is 12.1 Å². The van der Waals surface area contributed by atoms with E-state index in [-0.39, 0.29) is 24.5 Å². The average molecular weight is 234 g/mol. The summed E-state index contributed by atoms with van der Waals surface area (Å²) in [6.45, 7) is -0.00129. The molecule has 2 amide bonds. The van der Waals surface area contributed by atoms with Crippen LogP contribution in [0.15, 0.2) is 24.3 Å². The number of carbonyl (C=O) groups is 2. The first kappa shape index (κ1) is 11.6. The Morgan fingerprint density at radius 2 is 2.00 bits per heavy atom. The molecular formula is C12H14N2O3. The minimum absolute atomic E-state index is 0.00129. The number of aliphatic hydroxyl groups excluding tert-OH is 1. The predicted molar refractivity (Wildman–Crippen MR) is 62.2 cm³/mol. The highest BCUT2D eigenvalue weighted by atomic mass is 16.3. The second kappa shape index (κ2) is 4.97. The van der Waals surface area contributed by atoms with Gasteiger partial charge in [-0.2, -0.15) is 0 Å². The fraction of sp³-hybridized carbons (Fsp3) is 0.333. The summed E-state index contributed by atoms with van der Waals surface area (Å²) in [6, 6.07) is 6.81. The van der Waals surface area contributed by atoms with Gasteiger partial charge in [0, 0.05) is 12.1 Å². The summed E-state index contributed by atoms with van der Waals surface area (Å²) < 4.78 is 0. The van der Waals surface area contributed by atoms with Crippen LogP contribution in [0, 0.1) is 0 Å². The SMILES string of the molecule is O=C1CCC(Nc2ccc(CO)cc2)C(=O)N1. The Kier molecular flexibility index (Phi) is 3.39. The summed E-state index contributed by atoms with van der Waals surface area (Å²) in [6.07, 6.45) is 0.866. The van der Waals surface area contributed by atoms with Gasteiger partial charge in [-0.15, -0.1) is 0 Å². The van der Waals surface area contributed by atoms with E-state index < -0.39 is 0 Å². The summed E-state index contributed by atoms with van der Waals surface area (Å²) in [5, 5.41) is 14.2. The number of aliphatic hydroxyl groups is 1. The lowest BCUT2D eigenvalue weighted by molar-refractivity contribution is -0.133. The van der Waals surface area contributed by atoms with Crippen LogP contribution in [0.4, 0.5) is 5.69 Å². The lowest BCUT2D eigenvalue weighted by Gasteiger charge is -2.22. The quantitative estimate of drug-likeness (QED) is 0.661. The van der Waals surface area contributed by atoms with Gasteiger partial charge in [-0.3, -0.25) is 14.9 Å². The molecule has 5 heteroatoms. The summed E-state index contributed by atoms with van der Waals surface area (Å²) in [4.78, 5) is 22.5. The summed E-state index contributed by atoms with van der Waals surface area (Å²) in [5.74, 6) is -0.504. The third kappa shape index (κ3) is 2.82. The van der Waals surface area contributed by atoms with Gasteiger partial charge in [0.25, 0.3) is 0 Å². The van der Waals surface area contributed by atoms with Crippen LogP contribution in [0.5, 0.6) is 0 Å². The van der Waals surface area contributed by atoms with Crippen molar-refractivity contribution in [1.29, 1.82) is 0 Å². The van der Waals surface area contributed by atoms with Gasteiger partial charge in [-0.05, 0) is 24.1 Å². The van der Waals surface area contributed by atoms with Crippen LogP contribution in [0.3, 0.4) is 0 Å². The average Bonchev–Trinajstić information content (AvgIpc) is 2.34. The maximum Gasteiger partial charge on any atom is 0.249 e. The lowest BCUT2D eigenvalue weighted by Crippen LogP contribution is -2.47. The van der Waals surface area contributed by atoms with E-state index in [4.69, 9.17) is 5.11 Å². The molecule has 1 aliphatic heterocycles. The van der Waals surface area contributed by atoms with Crippen molar-refractivity contribution in [1.82, 2.24) is 5.32 Å². The Hall–Kier alpha value is -1.88. The molecule has 0 radical (unpaired) electrons. The zero-order valence-corrected chi connectivity index (χ0v) is 9.27. The van der Waals surface area contributed by atoms with Crippen LogP contribution in [-0.4, -0.2) is 23.0 Å². The molecule has 1 aromatic carbocycles. The number of piperidine rings is 1. The monoisotopic (exact) mass is 234 g/mol. The van der Waals surface area contributed by atoms with Crippen molar-refractivity contribution < 1.29 is 14.7 Å². The predicted octanol–water partition coefficient (Wildman–Crippen LogP) is 0.396. The topological polar surface area (TPSA) is 78.4 Å². The minimum Gasteiger partial charge on any atom is -0.392 e. The highest BCUT2D eigenvalue weighted by Crippen LogP contribution is 2.14. The molecule has 3 N–H and O–H groups in total. The van der Waals surface area contributed by atoms with Crippen molar-refractivity contribution in [2.75, 3.05) is 5.32 Å². The Labute approximate surface area is 98.8 Å². The first-order valence-electron chi connectivity index (χ1n) is 5.49. The van der Waals surface area contributed by atoms with Gasteiger partial charge in [-0.25, -0.2) is 0 Å². The number of rotatable bonds is 3. The van der Waals surface area contributed by atoms with Crippen LogP contribution in [-0.2, 0) is 16.2 Å². The molecule has 0 saturated carbocycles. The summed E-state index contributed by atoms with van der Waals surface area (Å²) >= 11 is 0. The Balaban J connectivity index is 2.00. The number of hydrogen-bond acceptors (Lipinski definition) is 4. The Morgan fingerprint density at radius 1 is 1.29 bits per heavy atom. The first-order valence-corrected chi connectivity index (χ1v) is 5.49. The molecule has 0 bridgehead atoms. The Bertz CT molecular complexity index is 428.